The quantitative estimate of drug-likeness (QED) is 0.723. The van der Waals surface area contributed by atoms with E-state index >= 15 is 0 Å². The lowest BCUT2D eigenvalue weighted by Crippen LogP contribution is -2.40. The highest BCUT2D eigenvalue weighted by Gasteiger charge is 2.26. The fraction of sp³-hybridized carbons (Fsp3) is 0.571. The topological polar surface area (TPSA) is 72.2 Å². The van der Waals surface area contributed by atoms with Crippen LogP contribution in [-0.4, -0.2) is 26.0 Å². The number of nitrogens with one attached hydrogen (secondary N) is 1. The van der Waals surface area contributed by atoms with Crippen molar-refractivity contribution in [3.05, 3.63) is 29.8 Å². The predicted octanol–water partition coefficient (Wildman–Crippen LogP) is 2.61. The van der Waals surface area contributed by atoms with Gasteiger partial charge < -0.3 is 5.73 Å². The standard InChI is InChI=1S/C14H24N2O2S2/c1-4-14(5-2,19-3)11-16-20(17,18)10-12-7-6-8-13(15)9-12/h6-9,16H,4-5,10-11,15H2,1-3H3. The van der Waals surface area contributed by atoms with Crippen molar-refractivity contribution in [3.63, 3.8) is 0 Å². The van der Waals surface area contributed by atoms with Crippen molar-refractivity contribution in [3.8, 4) is 0 Å². The summed E-state index contributed by atoms with van der Waals surface area (Å²) in [6.45, 7) is 4.64. The Bertz CT molecular complexity index is 517. The molecule has 6 heteroatoms. The Kier molecular flexibility index (Phi) is 6.36. The Morgan fingerprint density at radius 2 is 1.95 bits per heavy atom. The van der Waals surface area contributed by atoms with Crippen molar-refractivity contribution in [2.24, 2.45) is 0 Å². The number of nitrogens with two attached hydrogens (primary N) is 1. The average Bonchev–Trinajstić information content (AvgIpc) is 2.40. The average molecular weight is 316 g/mol. The molecule has 0 aliphatic heterocycles. The maximum absolute atomic E-state index is 12.1. The zero-order valence-corrected chi connectivity index (χ0v) is 14.0. The third kappa shape index (κ3) is 5.00. The minimum Gasteiger partial charge on any atom is -0.399 e. The molecule has 0 saturated carbocycles. The molecule has 0 unspecified atom stereocenters. The van der Waals surface area contributed by atoms with Gasteiger partial charge in [0.1, 0.15) is 0 Å². The van der Waals surface area contributed by atoms with Gasteiger partial charge in [0.05, 0.1) is 5.75 Å². The molecule has 0 aromatic heterocycles. The molecule has 114 valence electrons. The fourth-order valence-electron chi connectivity index (χ4n) is 2.06. The molecule has 0 bridgehead atoms. The van der Waals surface area contributed by atoms with Gasteiger partial charge in [-0.1, -0.05) is 26.0 Å². The molecule has 0 atom stereocenters. The van der Waals surface area contributed by atoms with Crippen LogP contribution in [0.2, 0.25) is 0 Å². The summed E-state index contributed by atoms with van der Waals surface area (Å²) in [6, 6.07) is 6.98. The molecule has 0 aliphatic rings. The largest absolute Gasteiger partial charge is 0.399 e. The smallest absolute Gasteiger partial charge is 0.215 e. The molecule has 0 spiro atoms. The molecule has 20 heavy (non-hydrogen) atoms. The second-order valence-corrected chi connectivity index (χ2v) is 8.00. The molecule has 0 radical (unpaired) electrons. The number of hydrogen-bond donors (Lipinski definition) is 2. The lowest BCUT2D eigenvalue weighted by molar-refractivity contribution is 0.521. The second kappa shape index (κ2) is 7.33. The van der Waals surface area contributed by atoms with Gasteiger partial charge in [-0.15, -0.1) is 0 Å². The van der Waals surface area contributed by atoms with Gasteiger partial charge >= 0.3 is 0 Å². The number of benzene rings is 1. The van der Waals surface area contributed by atoms with E-state index in [2.05, 4.69) is 18.6 Å². The molecular formula is C14H24N2O2S2. The van der Waals surface area contributed by atoms with Gasteiger partial charge in [-0.3, -0.25) is 0 Å². The summed E-state index contributed by atoms with van der Waals surface area (Å²) in [5, 5.41) is 0. The van der Waals surface area contributed by atoms with Gasteiger partial charge in [-0.25, -0.2) is 13.1 Å². The first-order valence-corrected chi connectivity index (χ1v) is 9.61. The Morgan fingerprint density at radius 3 is 2.45 bits per heavy atom. The number of nitrogen functional groups attached to an aromatic ring is 1. The first-order chi connectivity index (χ1) is 9.36. The summed E-state index contributed by atoms with van der Waals surface area (Å²) in [4.78, 5) is 0. The van der Waals surface area contributed by atoms with Crippen LogP contribution in [0.15, 0.2) is 24.3 Å². The van der Waals surface area contributed by atoms with Crippen LogP contribution in [0.5, 0.6) is 0 Å². The zero-order chi connectivity index (χ0) is 15.2. The summed E-state index contributed by atoms with van der Waals surface area (Å²) >= 11 is 1.72. The summed E-state index contributed by atoms with van der Waals surface area (Å²) in [5.41, 5.74) is 6.96. The van der Waals surface area contributed by atoms with E-state index in [1.54, 1.807) is 36.0 Å². The van der Waals surface area contributed by atoms with Gasteiger partial charge in [0.25, 0.3) is 0 Å². The van der Waals surface area contributed by atoms with Crippen molar-refractivity contribution in [1.82, 2.24) is 4.72 Å². The molecule has 1 aromatic carbocycles. The number of rotatable bonds is 8. The van der Waals surface area contributed by atoms with Crippen LogP contribution in [0, 0.1) is 0 Å². The van der Waals surface area contributed by atoms with Crippen LogP contribution in [0.4, 0.5) is 5.69 Å². The second-order valence-electron chi connectivity index (χ2n) is 4.92. The van der Waals surface area contributed by atoms with Crippen LogP contribution in [0.3, 0.4) is 0 Å². The van der Waals surface area contributed by atoms with E-state index in [1.807, 2.05) is 6.26 Å². The van der Waals surface area contributed by atoms with E-state index < -0.39 is 10.0 Å². The first-order valence-electron chi connectivity index (χ1n) is 6.73. The monoisotopic (exact) mass is 316 g/mol. The van der Waals surface area contributed by atoms with E-state index in [0.717, 1.165) is 12.8 Å². The molecule has 0 saturated heterocycles. The van der Waals surface area contributed by atoms with Crippen molar-refractivity contribution in [2.75, 3.05) is 18.5 Å². The van der Waals surface area contributed by atoms with Gasteiger partial charge in [0, 0.05) is 17.0 Å². The minimum absolute atomic E-state index is 0.0250. The Labute approximate surface area is 126 Å². The van der Waals surface area contributed by atoms with Crippen molar-refractivity contribution < 1.29 is 8.42 Å². The molecule has 0 fully saturated rings. The molecule has 4 nitrogen and oxygen atoms in total. The van der Waals surface area contributed by atoms with Crippen molar-refractivity contribution in [2.45, 2.75) is 37.2 Å². The van der Waals surface area contributed by atoms with E-state index in [4.69, 9.17) is 5.73 Å². The number of anilines is 1. The van der Waals surface area contributed by atoms with Crippen molar-refractivity contribution in [1.29, 1.82) is 0 Å². The molecule has 0 aliphatic carbocycles. The summed E-state index contributed by atoms with van der Waals surface area (Å²) in [5.74, 6) is -0.0318. The van der Waals surface area contributed by atoms with E-state index in [0.29, 0.717) is 17.8 Å². The number of sulfonamides is 1. The minimum atomic E-state index is -3.33. The summed E-state index contributed by atoms with van der Waals surface area (Å²) < 4.78 is 27.0. The first kappa shape index (κ1) is 17.3. The highest BCUT2D eigenvalue weighted by molar-refractivity contribution is 8.00. The van der Waals surface area contributed by atoms with Gasteiger partial charge in [-0.2, -0.15) is 11.8 Å². The third-order valence-electron chi connectivity index (χ3n) is 3.64. The van der Waals surface area contributed by atoms with Crippen LogP contribution in [0.1, 0.15) is 32.3 Å². The van der Waals surface area contributed by atoms with E-state index in [1.165, 1.54) is 0 Å². The molecule has 0 heterocycles. The Balaban J connectivity index is 2.71. The van der Waals surface area contributed by atoms with Gasteiger partial charge in [0.15, 0.2) is 0 Å². The maximum Gasteiger partial charge on any atom is 0.215 e. The normalized spacial score (nSPS) is 12.6. The molecule has 0 amide bonds. The van der Waals surface area contributed by atoms with Crippen molar-refractivity contribution >= 4 is 27.5 Å². The molecular weight excluding hydrogens is 292 g/mol. The predicted molar refractivity (Wildman–Crippen MR) is 88.3 cm³/mol. The van der Waals surface area contributed by atoms with Crippen LogP contribution >= 0.6 is 11.8 Å². The highest BCUT2D eigenvalue weighted by Crippen LogP contribution is 2.29. The summed E-state index contributed by atoms with van der Waals surface area (Å²) in [7, 11) is -3.33. The SMILES string of the molecule is CCC(CC)(CNS(=O)(=O)Cc1cccc(N)c1)SC. The number of hydrogen-bond acceptors (Lipinski definition) is 4. The summed E-state index contributed by atoms with van der Waals surface area (Å²) in [6.07, 6.45) is 3.90. The number of thioether (sulfide) groups is 1. The Morgan fingerprint density at radius 1 is 1.30 bits per heavy atom. The molecule has 1 rings (SSSR count). The van der Waals surface area contributed by atoms with Crippen LogP contribution in [-0.2, 0) is 15.8 Å². The van der Waals surface area contributed by atoms with E-state index in [9.17, 15) is 8.42 Å². The van der Waals surface area contributed by atoms with Gasteiger partial charge in [0.2, 0.25) is 10.0 Å². The third-order valence-corrected chi connectivity index (χ3v) is 6.53. The lowest BCUT2D eigenvalue weighted by atomic mass is 10.0. The molecule has 1 aromatic rings. The zero-order valence-electron chi connectivity index (χ0n) is 12.3. The maximum atomic E-state index is 12.1. The molecule has 3 N–H and O–H groups in total. The van der Waals surface area contributed by atoms with E-state index in [-0.39, 0.29) is 10.5 Å². The highest BCUT2D eigenvalue weighted by atomic mass is 32.2. The lowest BCUT2D eigenvalue weighted by Gasteiger charge is -2.29. The van der Waals surface area contributed by atoms with Crippen LogP contribution < -0.4 is 10.5 Å². The van der Waals surface area contributed by atoms with Gasteiger partial charge in [-0.05, 0) is 36.8 Å². The van der Waals surface area contributed by atoms with Crippen LogP contribution in [0.25, 0.3) is 0 Å². The fourth-order valence-corrected chi connectivity index (χ4v) is 4.16. The Hall–Kier alpha value is -0.720.